The van der Waals surface area contributed by atoms with Gasteiger partial charge in [-0.1, -0.05) is 13.0 Å². The lowest BCUT2D eigenvalue weighted by atomic mass is 9.88. The van der Waals surface area contributed by atoms with Crippen LogP contribution in [-0.2, 0) is 11.2 Å². The maximum atomic E-state index is 11.1. The molecule has 1 N–H and O–H groups in total. The molecule has 20 heavy (non-hydrogen) atoms. The van der Waals surface area contributed by atoms with E-state index in [9.17, 15) is 15.2 Å². The van der Waals surface area contributed by atoms with E-state index in [1.165, 1.54) is 6.07 Å². The first-order valence-electron chi connectivity index (χ1n) is 6.80. The van der Waals surface area contributed by atoms with Crippen LogP contribution < -0.4 is 4.74 Å². The Kier molecular flexibility index (Phi) is 4.57. The van der Waals surface area contributed by atoms with E-state index in [0.29, 0.717) is 13.0 Å². The normalized spacial score (nSPS) is 25.1. The minimum Gasteiger partial charge on any atom is -0.481 e. The third-order valence-corrected chi connectivity index (χ3v) is 3.49. The van der Waals surface area contributed by atoms with E-state index in [1.807, 2.05) is 19.9 Å². The molecule has 0 radical (unpaired) electrons. The number of ether oxygens (including phenoxy) is 2. The van der Waals surface area contributed by atoms with Crippen LogP contribution in [-0.4, -0.2) is 34.9 Å². The second kappa shape index (κ2) is 6.19. The Hall–Kier alpha value is -1.66. The smallest absolute Gasteiger partial charge is 0.311 e. The largest absolute Gasteiger partial charge is 0.481 e. The molecular formula is C14H19NO5. The summed E-state index contributed by atoms with van der Waals surface area (Å²) in [5.41, 5.74) is 0.847. The van der Waals surface area contributed by atoms with Crippen molar-refractivity contribution in [2.45, 2.75) is 45.0 Å². The number of hydrogen-bond donors (Lipinski definition) is 1. The Bertz CT molecular complexity index is 490. The molecule has 1 aliphatic carbocycles. The summed E-state index contributed by atoms with van der Waals surface area (Å²) in [6.07, 6.45) is -0.155. The van der Waals surface area contributed by atoms with Crippen molar-refractivity contribution in [3.8, 4) is 5.75 Å². The number of hydrogen-bond acceptors (Lipinski definition) is 5. The van der Waals surface area contributed by atoms with Crippen molar-refractivity contribution in [3.05, 3.63) is 33.9 Å². The standard InChI is InChI=1S/C14H19NO5/c1-3-9-5-6-12(10(7-9)15(17)18)20-13-8-11(16)14(13)19-4-2/h5-7,11,13-14,16H,3-4,8H2,1-2H3. The van der Waals surface area contributed by atoms with Crippen molar-refractivity contribution < 1.29 is 19.5 Å². The molecule has 1 fully saturated rings. The van der Waals surface area contributed by atoms with E-state index < -0.39 is 17.1 Å². The SMILES string of the molecule is CCOC1C(O)CC1Oc1ccc(CC)cc1[N+](=O)[O-]. The number of nitro groups is 1. The van der Waals surface area contributed by atoms with Gasteiger partial charge >= 0.3 is 5.69 Å². The molecule has 3 unspecified atom stereocenters. The van der Waals surface area contributed by atoms with Gasteiger partial charge < -0.3 is 14.6 Å². The maximum absolute atomic E-state index is 11.1. The first-order chi connectivity index (χ1) is 9.56. The highest BCUT2D eigenvalue weighted by Gasteiger charge is 2.43. The van der Waals surface area contributed by atoms with Gasteiger partial charge in [0.2, 0.25) is 0 Å². The Morgan fingerprint density at radius 3 is 2.75 bits per heavy atom. The quantitative estimate of drug-likeness (QED) is 0.637. The molecular weight excluding hydrogens is 262 g/mol. The highest BCUT2D eigenvalue weighted by Crippen LogP contribution is 2.34. The van der Waals surface area contributed by atoms with Gasteiger partial charge in [-0.2, -0.15) is 0 Å². The highest BCUT2D eigenvalue weighted by atomic mass is 16.6. The fourth-order valence-electron chi connectivity index (χ4n) is 2.27. The number of nitrogens with zero attached hydrogens (tertiary/aromatic N) is 1. The Morgan fingerprint density at radius 1 is 1.45 bits per heavy atom. The minimum absolute atomic E-state index is 0.0408. The maximum Gasteiger partial charge on any atom is 0.311 e. The summed E-state index contributed by atoms with van der Waals surface area (Å²) in [6, 6.07) is 4.96. The van der Waals surface area contributed by atoms with Crippen LogP contribution in [0.15, 0.2) is 18.2 Å². The van der Waals surface area contributed by atoms with Crippen LogP contribution in [0.2, 0.25) is 0 Å². The molecule has 110 valence electrons. The molecule has 1 aliphatic rings. The van der Waals surface area contributed by atoms with Crippen molar-refractivity contribution in [3.63, 3.8) is 0 Å². The first kappa shape index (κ1) is 14.7. The Balaban J connectivity index is 2.15. The Labute approximate surface area is 117 Å². The van der Waals surface area contributed by atoms with Gasteiger partial charge in [-0.05, 0) is 25.0 Å². The molecule has 3 atom stereocenters. The fraction of sp³-hybridized carbons (Fsp3) is 0.571. The summed E-state index contributed by atoms with van der Waals surface area (Å²) >= 11 is 0. The molecule has 0 aromatic heterocycles. The second-order valence-electron chi connectivity index (χ2n) is 4.79. The van der Waals surface area contributed by atoms with E-state index in [1.54, 1.807) is 6.07 Å². The van der Waals surface area contributed by atoms with E-state index in [0.717, 1.165) is 12.0 Å². The zero-order valence-corrected chi connectivity index (χ0v) is 11.6. The third-order valence-electron chi connectivity index (χ3n) is 3.49. The van der Waals surface area contributed by atoms with Gasteiger partial charge in [0.25, 0.3) is 0 Å². The fourth-order valence-corrected chi connectivity index (χ4v) is 2.27. The molecule has 1 aromatic carbocycles. The van der Waals surface area contributed by atoms with Crippen molar-refractivity contribution in [2.75, 3.05) is 6.61 Å². The molecule has 1 aromatic rings. The van der Waals surface area contributed by atoms with E-state index >= 15 is 0 Å². The van der Waals surface area contributed by atoms with Crippen molar-refractivity contribution in [1.29, 1.82) is 0 Å². The highest BCUT2D eigenvalue weighted by molar-refractivity contribution is 5.49. The molecule has 0 spiro atoms. The van der Waals surface area contributed by atoms with Crippen LogP contribution in [0.4, 0.5) is 5.69 Å². The van der Waals surface area contributed by atoms with E-state index in [4.69, 9.17) is 9.47 Å². The molecule has 0 bridgehead atoms. The summed E-state index contributed by atoms with van der Waals surface area (Å²) < 4.78 is 11.0. The lowest BCUT2D eigenvalue weighted by Gasteiger charge is -2.40. The van der Waals surface area contributed by atoms with Gasteiger partial charge in [0.05, 0.1) is 11.0 Å². The minimum atomic E-state index is -0.561. The summed E-state index contributed by atoms with van der Waals surface area (Å²) in [7, 11) is 0. The van der Waals surface area contributed by atoms with Crippen molar-refractivity contribution in [1.82, 2.24) is 0 Å². The first-order valence-corrected chi connectivity index (χ1v) is 6.80. The lowest BCUT2D eigenvalue weighted by molar-refractivity contribution is -0.386. The number of aryl methyl sites for hydroxylation is 1. The van der Waals surface area contributed by atoms with Crippen LogP contribution in [0, 0.1) is 10.1 Å². The molecule has 6 heteroatoms. The van der Waals surface area contributed by atoms with E-state index in [2.05, 4.69) is 0 Å². The molecule has 1 saturated carbocycles. The average molecular weight is 281 g/mol. The molecule has 2 rings (SSSR count). The molecule has 0 saturated heterocycles. The molecule has 0 amide bonds. The van der Waals surface area contributed by atoms with Crippen LogP contribution in [0.25, 0.3) is 0 Å². The number of aliphatic hydroxyl groups is 1. The predicted molar refractivity (Wildman–Crippen MR) is 72.9 cm³/mol. The average Bonchev–Trinajstić information content (AvgIpc) is 2.44. The van der Waals surface area contributed by atoms with Gasteiger partial charge in [0.15, 0.2) is 5.75 Å². The van der Waals surface area contributed by atoms with Crippen LogP contribution >= 0.6 is 0 Å². The van der Waals surface area contributed by atoms with Crippen LogP contribution in [0.5, 0.6) is 5.75 Å². The summed E-state index contributed by atoms with van der Waals surface area (Å²) in [5, 5.41) is 20.7. The zero-order valence-electron chi connectivity index (χ0n) is 11.6. The second-order valence-corrected chi connectivity index (χ2v) is 4.79. The molecule has 0 aliphatic heterocycles. The molecule has 6 nitrogen and oxygen atoms in total. The third kappa shape index (κ3) is 2.91. The van der Waals surface area contributed by atoms with Gasteiger partial charge in [0, 0.05) is 19.1 Å². The monoisotopic (exact) mass is 281 g/mol. The summed E-state index contributed by atoms with van der Waals surface area (Å²) in [6.45, 7) is 4.24. The van der Waals surface area contributed by atoms with Gasteiger partial charge in [0.1, 0.15) is 12.2 Å². The number of aliphatic hydroxyl groups excluding tert-OH is 1. The number of rotatable bonds is 6. The van der Waals surface area contributed by atoms with Gasteiger partial charge in [-0.15, -0.1) is 0 Å². The zero-order chi connectivity index (χ0) is 14.7. The van der Waals surface area contributed by atoms with Gasteiger partial charge in [-0.3, -0.25) is 10.1 Å². The van der Waals surface area contributed by atoms with E-state index in [-0.39, 0.29) is 17.5 Å². The predicted octanol–water partition coefficient (Wildman–Crippen LogP) is 2.07. The van der Waals surface area contributed by atoms with Crippen LogP contribution in [0.3, 0.4) is 0 Å². The number of nitro benzene ring substituents is 1. The molecule has 0 heterocycles. The van der Waals surface area contributed by atoms with Gasteiger partial charge in [-0.25, -0.2) is 0 Å². The van der Waals surface area contributed by atoms with Crippen molar-refractivity contribution in [2.24, 2.45) is 0 Å². The van der Waals surface area contributed by atoms with Crippen LogP contribution in [0.1, 0.15) is 25.8 Å². The van der Waals surface area contributed by atoms with Crippen molar-refractivity contribution >= 4 is 5.69 Å². The lowest BCUT2D eigenvalue weighted by Crippen LogP contribution is -2.55. The number of benzene rings is 1. The topological polar surface area (TPSA) is 81.8 Å². The summed E-state index contributed by atoms with van der Waals surface area (Å²) in [4.78, 5) is 10.6. The summed E-state index contributed by atoms with van der Waals surface area (Å²) in [5.74, 6) is 0.230. The Morgan fingerprint density at radius 2 is 2.20 bits per heavy atom.